The lowest BCUT2D eigenvalue weighted by Crippen LogP contribution is -2.13. The molecule has 0 bridgehead atoms. The van der Waals surface area contributed by atoms with Crippen molar-refractivity contribution in [2.45, 2.75) is 13.1 Å². The first kappa shape index (κ1) is 14.4. The van der Waals surface area contributed by atoms with Crippen LogP contribution in [0.1, 0.15) is 27.2 Å². The predicted octanol–water partition coefficient (Wildman–Crippen LogP) is 4.73. The number of carbonyl (C=O) groups excluding carboxylic acids is 1. The van der Waals surface area contributed by atoms with Gasteiger partial charge in [-0.2, -0.15) is 13.2 Å². The van der Waals surface area contributed by atoms with Crippen LogP contribution in [0.4, 0.5) is 13.2 Å². The number of ketones is 1. The van der Waals surface area contributed by atoms with Gasteiger partial charge >= 0.3 is 6.18 Å². The standard InChI is InChI=1S/C17H12F3NO/c1-10-7-8-13-12(9-10)14(16(21-13)17(18,19)20)15(22)11-5-3-2-4-6-11/h2-9,21H,1H3. The Morgan fingerprint density at radius 1 is 1.05 bits per heavy atom. The number of hydrogen-bond acceptors (Lipinski definition) is 1. The third-order valence-corrected chi connectivity index (χ3v) is 3.50. The number of rotatable bonds is 2. The molecule has 0 unspecified atom stereocenters. The van der Waals surface area contributed by atoms with Gasteiger partial charge in [-0.15, -0.1) is 0 Å². The lowest BCUT2D eigenvalue weighted by atomic mass is 9.99. The van der Waals surface area contributed by atoms with Crippen LogP contribution in [0.3, 0.4) is 0 Å². The zero-order valence-electron chi connectivity index (χ0n) is 11.7. The first-order chi connectivity index (χ1) is 10.4. The zero-order chi connectivity index (χ0) is 15.9. The number of aromatic nitrogens is 1. The Morgan fingerprint density at radius 3 is 2.36 bits per heavy atom. The zero-order valence-corrected chi connectivity index (χ0v) is 11.7. The summed E-state index contributed by atoms with van der Waals surface area (Å²) in [7, 11) is 0. The first-order valence-electron chi connectivity index (χ1n) is 6.67. The molecule has 3 aromatic rings. The van der Waals surface area contributed by atoms with Gasteiger partial charge in [-0.25, -0.2) is 0 Å². The SMILES string of the molecule is Cc1ccc2[nH]c(C(F)(F)F)c(C(=O)c3ccccc3)c2c1. The number of benzene rings is 2. The predicted molar refractivity (Wildman–Crippen MR) is 77.9 cm³/mol. The number of fused-ring (bicyclic) bond motifs is 1. The van der Waals surface area contributed by atoms with E-state index in [1.54, 1.807) is 43.3 Å². The normalized spacial score (nSPS) is 11.8. The molecule has 0 radical (unpaired) electrons. The maximum Gasteiger partial charge on any atom is 0.432 e. The molecule has 0 aliphatic heterocycles. The molecule has 0 saturated heterocycles. The Kier molecular flexibility index (Phi) is 3.28. The minimum Gasteiger partial charge on any atom is -0.350 e. The van der Waals surface area contributed by atoms with Gasteiger partial charge in [0.15, 0.2) is 5.78 Å². The summed E-state index contributed by atoms with van der Waals surface area (Å²) in [5.41, 5.74) is 0.00861. The molecule has 2 nitrogen and oxygen atoms in total. The number of carbonyl (C=O) groups is 1. The van der Waals surface area contributed by atoms with Gasteiger partial charge in [-0.1, -0.05) is 42.0 Å². The molecule has 0 amide bonds. The van der Waals surface area contributed by atoms with Gasteiger partial charge in [0.1, 0.15) is 5.69 Å². The second kappa shape index (κ2) is 5.02. The molecule has 0 saturated carbocycles. The van der Waals surface area contributed by atoms with Crippen LogP contribution in [0.2, 0.25) is 0 Å². The molecule has 1 aromatic heterocycles. The summed E-state index contributed by atoms with van der Waals surface area (Å²) < 4.78 is 39.8. The van der Waals surface area contributed by atoms with Crippen LogP contribution in [0.15, 0.2) is 48.5 Å². The fraction of sp³-hybridized carbons (Fsp3) is 0.118. The van der Waals surface area contributed by atoms with Crippen molar-refractivity contribution in [3.05, 3.63) is 70.9 Å². The number of aryl methyl sites for hydroxylation is 1. The lowest BCUT2D eigenvalue weighted by Gasteiger charge is -2.08. The highest BCUT2D eigenvalue weighted by molar-refractivity contribution is 6.17. The summed E-state index contributed by atoms with van der Waals surface area (Å²) in [6.45, 7) is 1.77. The van der Waals surface area contributed by atoms with Crippen molar-refractivity contribution in [1.82, 2.24) is 4.98 Å². The molecule has 0 aliphatic carbocycles. The summed E-state index contributed by atoms with van der Waals surface area (Å²) in [6.07, 6.45) is -4.62. The van der Waals surface area contributed by atoms with Crippen molar-refractivity contribution in [2.24, 2.45) is 0 Å². The molecule has 0 fully saturated rings. The molecule has 5 heteroatoms. The van der Waals surface area contributed by atoms with Crippen LogP contribution in [-0.2, 0) is 6.18 Å². The molecule has 1 N–H and O–H groups in total. The van der Waals surface area contributed by atoms with Crippen molar-refractivity contribution in [3.63, 3.8) is 0 Å². The van der Waals surface area contributed by atoms with E-state index in [4.69, 9.17) is 0 Å². The fourth-order valence-electron chi connectivity index (χ4n) is 2.49. The molecule has 0 atom stereocenters. The van der Waals surface area contributed by atoms with Crippen molar-refractivity contribution in [2.75, 3.05) is 0 Å². The lowest BCUT2D eigenvalue weighted by molar-refractivity contribution is -0.140. The second-order valence-electron chi connectivity index (χ2n) is 5.12. The van der Waals surface area contributed by atoms with Crippen LogP contribution in [0.5, 0.6) is 0 Å². The highest BCUT2D eigenvalue weighted by Crippen LogP contribution is 2.36. The molecule has 3 rings (SSSR count). The number of aromatic amines is 1. The molecule has 22 heavy (non-hydrogen) atoms. The summed E-state index contributed by atoms with van der Waals surface area (Å²) >= 11 is 0. The monoisotopic (exact) mass is 303 g/mol. The third kappa shape index (κ3) is 2.39. The fourth-order valence-corrected chi connectivity index (χ4v) is 2.49. The third-order valence-electron chi connectivity index (χ3n) is 3.50. The van der Waals surface area contributed by atoms with E-state index in [1.807, 2.05) is 0 Å². The van der Waals surface area contributed by atoms with Crippen LogP contribution in [-0.4, -0.2) is 10.8 Å². The molecule has 1 heterocycles. The average Bonchev–Trinajstić information content (AvgIpc) is 2.86. The molecule has 0 aliphatic rings. The Hall–Kier alpha value is -2.56. The number of nitrogens with one attached hydrogen (secondary N) is 1. The van der Waals surface area contributed by atoms with Gasteiger partial charge in [0, 0.05) is 16.5 Å². The summed E-state index contributed by atoms with van der Waals surface area (Å²) in [4.78, 5) is 14.9. The highest BCUT2D eigenvalue weighted by atomic mass is 19.4. The summed E-state index contributed by atoms with van der Waals surface area (Å²) in [5.74, 6) is -0.634. The minimum absolute atomic E-state index is 0.232. The van der Waals surface area contributed by atoms with Crippen molar-refractivity contribution < 1.29 is 18.0 Å². The quantitative estimate of drug-likeness (QED) is 0.682. The highest BCUT2D eigenvalue weighted by Gasteiger charge is 2.38. The smallest absolute Gasteiger partial charge is 0.350 e. The van der Waals surface area contributed by atoms with E-state index in [0.29, 0.717) is 10.9 Å². The molecular weight excluding hydrogens is 291 g/mol. The van der Waals surface area contributed by atoms with Crippen LogP contribution < -0.4 is 0 Å². The van der Waals surface area contributed by atoms with Gasteiger partial charge in [0.25, 0.3) is 0 Å². The van der Waals surface area contributed by atoms with E-state index in [9.17, 15) is 18.0 Å². The maximum atomic E-state index is 13.3. The number of H-pyrrole nitrogens is 1. The Balaban J connectivity index is 2.30. The van der Waals surface area contributed by atoms with E-state index in [2.05, 4.69) is 4.98 Å². The first-order valence-corrected chi connectivity index (χ1v) is 6.67. The summed E-state index contributed by atoms with van der Waals surface area (Å²) in [6, 6.07) is 12.8. The van der Waals surface area contributed by atoms with Crippen LogP contribution in [0.25, 0.3) is 10.9 Å². The van der Waals surface area contributed by atoms with E-state index in [1.165, 1.54) is 12.1 Å². The van der Waals surface area contributed by atoms with Crippen LogP contribution in [0, 0.1) is 6.92 Å². The number of halogens is 3. The Bertz CT molecular complexity index is 847. The Morgan fingerprint density at radius 2 is 1.73 bits per heavy atom. The number of hydrogen-bond donors (Lipinski definition) is 1. The second-order valence-corrected chi connectivity index (χ2v) is 5.12. The minimum atomic E-state index is -4.62. The summed E-state index contributed by atoms with van der Waals surface area (Å²) in [5, 5.41) is 0.293. The average molecular weight is 303 g/mol. The van der Waals surface area contributed by atoms with E-state index >= 15 is 0 Å². The topological polar surface area (TPSA) is 32.9 Å². The van der Waals surface area contributed by atoms with Gasteiger partial charge in [-0.3, -0.25) is 4.79 Å². The van der Waals surface area contributed by atoms with E-state index < -0.39 is 17.7 Å². The maximum absolute atomic E-state index is 13.3. The van der Waals surface area contributed by atoms with Gasteiger partial charge in [0.2, 0.25) is 0 Å². The van der Waals surface area contributed by atoms with Crippen molar-refractivity contribution in [1.29, 1.82) is 0 Å². The van der Waals surface area contributed by atoms with E-state index in [0.717, 1.165) is 5.56 Å². The van der Waals surface area contributed by atoms with Gasteiger partial charge in [0.05, 0.1) is 5.56 Å². The Labute approximate surface area is 124 Å². The molecular formula is C17H12F3NO. The van der Waals surface area contributed by atoms with Crippen LogP contribution >= 0.6 is 0 Å². The van der Waals surface area contributed by atoms with E-state index in [-0.39, 0.29) is 11.1 Å². The molecule has 112 valence electrons. The van der Waals surface area contributed by atoms with Crippen molar-refractivity contribution in [3.8, 4) is 0 Å². The van der Waals surface area contributed by atoms with Gasteiger partial charge in [-0.05, 0) is 19.1 Å². The number of alkyl halides is 3. The molecule has 0 spiro atoms. The van der Waals surface area contributed by atoms with Crippen molar-refractivity contribution >= 4 is 16.7 Å². The van der Waals surface area contributed by atoms with Gasteiger partial charge < -0.3 is 4.98 Å². The largest absolute Gasteiger partial charge is 0.432 e. The molecule has 2 aromatic carbocycles.